The van der Waals surface area contributed by atoms with E-state index in [0.29, 0.717) is 0 Å². The lowest BCUT2D eigenvalue weighted by Crippen LogP contribution is -1.94. The van der Waals surface area contributed by atoms with E-state index in [9.17, 15) is 0 Å². The highest BCUT2D eigenvalue weighted by molar-refractivity contribution is 5.66. The first-order valence-corrected chi connectivity index (χ1v) is 4.46. The van der Waals surface area contributed by atoms with Gasteiger partial charge in [-0.05, 0) is 55.0 Å². The van der Waals surface area contributed by atoms with Gasteiger partial charge in [0.1, 0.15) is 0 Å². The number of allylic oxidation sites excluding steroid dienone is 1. The van der Waals surface area contributed by atoms with Crippen molar-refractivity contribution in [1.82, 2.24) is 0 Å². The first-order valence-electron chi connectivity index (χ1n) is 4.46. The molecule has 1 aliphatic carbocycles. The SMILES string of the molecule is Cc1cc(C)c2c(c1C)CC=C2. The highest BCUT2D eigenvalue weighted by Gasteiger charge is 2.11. The summed E-state index contributed by atoms with van der Waals surface area (Å²) in [5.74, 6) is 0. The summed E-state index contributed by atoms with van der Waals surface area (Å²) in [6.45, 7) is 6.61. The molecule has 0 saturated carbocycles. The van der Waals surface area contributed by atoms with E-state index in [1.165, 1.54) is 27.8 Å². The Kier molecular flexibility index (Phi) is 1.57. The average Bonchev–Trinajstić information content (AvgIpc) is 2.48. The Balaban J connectivity index is 2.74. The third-order valence-corrected chi connectivity index (χ3v) is 2.83. The molecule has 1 aliphatic rings. The summed E-state index contributed by atoms with van der Waals surface area (Å²) in [5.41, 5.74) is 7.31. The van der Waals surface area contributed by atoms with Crippen LogP contribution >= 0.6 is 0 Å². The van der Waals surface area contributed by atoms with Gasteiger partial charge in [-0.2, -0.15) is 0 Å². The fourth-order valence-electron chi connectivity index (χ4n) is 1.98. The van der Waals surface area contributed by atoms with Crippen molar-refractivity contribution < 1.29 is 0 Å². The van der Waals surface area contributed by atoms with Crippen molar-refractivity contribution >= 4 is 6.08 Å². The van der Waals surface area contributed by atoms with Gasteiger partial charge in [-0.3, -0.25) is 0 Å². The molecule has 0 radical (unpaired) electrons. The van der Waals surface area contributed by atoms with Crippen LogP contribution in [0.15, 0.2) is 12.1 Å². The van der Waals surface area contributed by atoms with Crippen LogP contribution in [0.1, 0.15) is 27.8 Å². The second-order valence-corrected chi connectivity index (χ2v) is 3.63. The van der Waals surface area contributed by atoms with Crippen LogP contribution in [0.3, 0.4) is 0 Å². The minimum atomic E-state index is 1.13. The Labute approximate surface area is 73.9 Å². The average molecular weight is 158 g/mol. The van der Waals surface area contributed by atoms with Crippen LogP contribution in [0, 0.1) is 20.8 Å². The van der Waals surface area contributed by atoms with E-state index >= 15 is 0 Å². The highest BCUT2D eigenvalue weighted by Crippen LogP contribution is 2.28. The predicted molar refractivity (Wildman–Crippen MR) is 53.4 cm³/mol. The van der Waals surface area contributed by atoms with Gasteiger partial charge in [-0.15, -0.1) is 0 Å². The Morgan fingerprint density at radius 2 is 1.83 bits per heavy atom. The summed E-state index contributed by atoms with van der Waals surface area (Å²) in [7, 11) is 0. The number of aryl methyl sites for hydroxylation is 2. The Bertz CT molecular complexity index is 357. The summed E-state index contributed by atoms with van der Waals surface area (Å²) in [6.07, 6.45) is 5.63. The Morgan fingerprint density at radius 3 is 2.58 bits per heavy atom. The molecule has 0 amide bonds. The molecule has 0 unspecified atom stereocenters. The number of hydrogen-bond donors (Lipinski definition) is 0. The summed E-state index contributed by atoms with van der Waals surface area (Å²) >= 11 is 0. The topological polar surface area (TPSA) is 0 Å². The number of rotatable bonds is 0. The Hall–Kier alpha value is -1.04. The molecule has 1 aromatic carbocycles. The van der Waals surface area contributed by atoms with Gasteiger partial charge < -0.3 is 0 Å². The molecular weight excluding hydrogens is 144 g/mol. The summed E-state index contributed by atoms with van der Waals surface area (Å²) in [4.78, 5) is 0. The van der Waals surface area contributed by atoms with Crippen LogP contribution in [-0.4, -0.2) is 0 Å². The third-order valence-electron chi connectivity index (χ3n) is 2.83. The van der Waals surface area contributed by atoms with Gasteiger partial charge in [0.15, 0.2) is 0 Å². The molecule has 0 spiro atoms. The van der Waals surface area contributed by atoms with E-state index in [1.807, 2.05) is 0 Å². The second kappa shape index (κ2) is 2.48. The molecule has 0 heterocycles. The Morgan fingerprint density at radius 1 is 1.08 bits per heavy atom. The lowest BCUT2D eigenvalue weighted by molar-refractivity contribution is 1.18. The maximum absolute atomic E-state index is 2.28. The molecule has 2 rings (SSSR count). The van der Waals surface area contributed by atoms with Crippen LogP contribution in [0.25, 0.3) is 6.08 Å². The second-order valence-electron chi connectivity index (χ2n) is 3.63. The molecular formula is C12H14. The maximum Gasteiger partial charge on any atom is -0.00853 e. The monoisotopic (exact) mass is 158 g/mol. The van der Waals surface area contributed by atoms with E-state index in [4.69, 9.17) is 0 Å². The van der Waals surface area contributed by atoms with E-state index in [0.717, 1.165) is 6.42 Å². The quantitative estimate of drug-likeness (QED) is 0.544. The zero-order valence-corrected chi connectivity index (χ0v) is 7.94. The van der Waals surface area contributed by atoms with Crippen molar-refractivity contribution in [2.24, 2.45) is 0 Å². The molecule has 0 aromatic heterocycles. The minimum absolute atomic E-state index is 1.13. The number of benzene rings is 1. The van der Waals surface area contributed by atoms with Gasteiger partial charge in [0, 0.05) is 0 Å². The molecule has 0 aliphatic heterocycles. The molecule has 1 aromatic rings. The van der Waals surface area contributed by atoms with E-state index in [1.54, 1.807) is 0 Å². The third kappa shape index (κ3) is 0.911. The minimum Gasteiger partial charge on any atom is -0.0795 e. The lowest BCUT2D eigenvalue weighted by atomic mass is 9.95. The lowest BCUT2D eigenvalue weighted by Gasteiger charge is -2.10. The fraction of sp³-hybridized carbons (Fsp3) is 0.333. The maximum atomic E-state index is 2.28. The largest absolute Gasteiger partial charge is 0.0795 e. The highest BCUT2D eigenvalue weighted by atomic mass is 14.2. The van der Waals surface area contributed by atoms with Crippen molar-refractivity contribution in [1.29, 1.82) is 0 Å². The van der Waals surface area contributed by atoms with E-state index in [2.05, 4.69) is 39.0 Å². The molecule has 0 bridgehead atoms. The zero-order chi connectivity index (χ0) is 8.72. The number of fused-ring (bicyclic) bond motifs is 1. The van der Waals surface area contributed by atoms with Crippen LogP contribution in [0.2, 0.25) is 0 Å². The molecule has 0 saturated heterocycles. The van der Waals surface area contributed by atoms with Gasteiger partial charge >= 0.3 is 0 Å². The van der Waals surface area contributed by atoms with Crippen LogP contribution in [0.4, 0.5) is 0 Å². The first-order chi connectivity index (χ1) is 5.70. The van der Waals surface area contributed by atoms with Gasteiger partial charge in [-0.25, -0.2) is 0 Å². The van der Waals surface area contributed by atoms with Crippen molar-refractivity contribution in [2.75, 3.05) is 0 Å². The predicted octanol–water partition coefficient (Wildman–Crippen LogP) is 3.18. The molecule has 0 fully saturated rings. The normalized spacial score (nSPS) is 13.6. The standard InChI is InChI=1S/C12H14/c1-8-7-9(2)11-5-4-6-12(11)10(8)3/h4-5,7H,6H2,1-3H3. The molecule has 0 heteroatoms. The van der Waals surface area contributed by atoms with Gasteiger partial charge in [0.2, 0.25) is 0 Å². The fourth-order valence-corrected chi connectivity index (χ4v) is 1.98. The van der Waals surface area contributed by atoms with Gasteiger partial charge in [-0.1, -0.05) is 18.2 Å². The van der Waals surface area contributed by atoms with Gasteiger partial charge in [0.05, 0.1) is 0 Å². The van der Waals surface area contributed by atoms with Crippen LogP contribution < -0.4 is 0 Å². The van der Waals surface area contributed by atoms with E-state index < -0.39 is 0 Å². The smallest absolute Gasteiger partial charge is 0.00853 e. The van der Waals surface area contributed by atoms with Crippen LogP contribution in [0.5, 0.6) is 0 Å². The van der Waals surface area contributed by atoms with E-state index in [-0.39, 0.29) is 0 Å². The molecule has 62 valence electrons. The first kappa shape index (κ1) is 7.60. The molecule has 0 N–H and O–H groups in total. The van der Waals surface area contributed by atoms with Crippen molar-refractivity contribution in [3.8, 4) is 0 Å². The van der Waals surface area contributed by atoms with Crippen molar-refractivity contribution in [3.05, 3.63) is 40.0 Å². The molecule has 12 heavy (non-hydrogen) atoms. The zero-order valence-electron chi connectivity index (χ0n) is 7.94. The number of hydrogen-bond acceptors (Lipinski definition) is 0. The summed E-state index contributed by atoms with van der Waals surface area (Å²) in [5, 5.41) is 0. The van der Waals surface area contributed by atoms with Crippen LogP contribution in [-0.2, 0) is 6.42 Å². The van der Waals surface area contributed by atoms with Crippen molar-refractivity contribution in [2.45, 2.75) is 27.2 Å². The van der Waals surface area contributed by atoms with Gasteiger partial charge in [0.25, 0.3) is 0 Å². The summed E-state index contributed by atoms with van der Waals surface area (Å²) < 4.78 is 0. The summed E-state index contributed by atoms with van der Waals surface area (Å²) in [6, 6.07) is 2.28. The molecule has 0 atom stereocenters. The molecule has 0 nitrogen and oxygen atoms in total. The van der Waals surface area contributed by atoms with Crippen molar-refractivity contribution in [3.63, 3.8) is 0 Å².